The van der Waals surface area contributed by atoms with E-state index in [2.05, 4.69) is 17.1 Å². The molecule has 96 valence electrons. The number of alkyl halides is 3. The van der Waals surface area contributed by atoms with Crippen LogP contribution in [0, 0.1) is 5.92 Å². The molecule has 1 aliphatic heterocycles. The molecular formula is C10H20F3N3. The summed E-state index contributed by atoms with van der Waals surface area (Å²) in [5, 5.41) is 2.57. The number of hydrogen-bond acceptors (Lipinski definition) is 3. The summed E-state index contributed by atoms with van der Waals surface area (Å²) in [6.45, 7) is 4.07. The quantitative estimate of drug-likeness (QED) is 0.762. The van der Waals surface area contributed by atoms with Gasteiger partial charge in [0.1, 0.15) is 0 Å². The highest BCUT2D eigenvalue weighted by Gasteiger charge is 2.30. The summed E-state index contributed by atoms with van der Waals surface area (Å²) >= 11 is 0. The average molecular weight is 239 g/mol. The van der Waals surface area contributed by atoms with Crippen molar-refractivity contribution >= 4 is 0 Å². The number of rotatable bonds is 4. The van der Waals surface area contributed by atoms with E-state index in [1.807, 2.05) is 0 Å². The van der Waals surface area contributed by atoms with Crippen molar-refractivity contribution in [1.82, 2.24) is 10.2 Å². The molecule has 16 heavy (non-hydrogen) atoms. The highest BCUT2D eigenvalue weighted by atomic mass is 19.4. The molecule has 0 aromatic carbocycles. The number of likely N-dealkylation sites (tertiary alicyclic amines) is 1. The van der Waals surface area contributed by atoms with Gasteiger partial charge in [0.05, 0.1) is 6.54 Å². The molecule has 0 aromatic rings. The molecule has 6 heteroatoms. The van der Waals surface area contributed by atoms with Gasteiger partial charge in [-0.2, -0.15) is 13.2 Å². The van der Waals surface area contributed by atoms with Crippen molar-refractivity contribution in [3.63, 3.8) is 0 Å². The maximum Gasteiger partial charge on any atom is 0.401 e. The molecule has 0 radical (unpaired) electrons. The minimum absolute atomic E-state index is 0.0723. The summed E-state index contributed by atoms with van der Waals surface area (Å²) in [5.41, 5.74) is 5.45. The highest BCUT2D eigenvalue weighted by molar-refractivity contribution is 4.82. The van der Waals surface area contributed by atoms with Crippen molar-refractivity contribution in [2.24, 2.45) is 11.7 Å². The van der Waals surface area contributed by atoms with Crippen LogP contribution in [-0.4, -0.2) is 49.8 Å². The minimum atomic E-state index is -4.13. The molecule has 2 unspecified atom stereocenters. The van der Waals surface area contributed by atoms with Gasteiger partial charge in [0.15, 0.2) is 0 Å². The van der Waals surface area contributed by atoms with E-state index in [4.69, 9.17) is 5.73 Å². The molecule has 1 fully saturated rings. The number of piperidine rings is 1. The first-order valence-electron chi connectivity index (χ1n) is 5.63. The first kappa shape index (κ1) is 13.7. The van der Waals surface area contributed by atoms with Gasteiger partial charge in [0.25, 0.3) is 0 Å². The molecule has 1 saturated heterocycles. The lowest BCUT2D eigenvalue weighted by Crippen LogP contribution is -2.51. The van der Waals surface area contributed by atoms with Gasteiger partial charge in [-0.25, -0.2) is 0 Å². The molecule has 0 saturated carbocycles. The van der Waals surface area contributed by atoms with Crippen LogP contribution in [0.1, 0.15) is 13.3 Å². The van der Waals surface area contributed by atoms with E-state index in [-0.39, 0.29) is 6.04 Å². The van der Waals surface area contributed by atoms with Crippen LogP contribution in [0.25, 0.3) is 0 Å². The number of hydrogen-bond donors (Lipinski definition) is 2. The predicted molar refractivity (Wildman–Crippen MR) is 57.1 cm³/mol. The fraction of sp³-hybridized carbons (Fsp3) is 1.00. The Labute approximate surface area is 94.2 Å². The topological polar surface area (TPSA) is 41.3 Å². The molecule has 0 bridgehead atoms. The Hall–Kier alpha value is -0.330. The second-order valence-electron chi connectivity index (χ2n) is 4.58. The van der Waals surface area contributed by atoms with Crippen LogP contribution >= 0.6 is 0 Å². The van der Waals surface area contributed by atoms with Crippen molar-refractivity contribution in [3.05, 3.63) is 0 Å². The third-order valence-corrected chi connectivity index (χ3v) is 2.77. The zero-order chi connectivity index (χ0) is 12.2. The van der Waals surface area contributed by atoms with Gasteiger partial charge >= 0.3 is 6.18 Å². The Morgan fingerprint density at radius 3 is 2.62 bits per heavy atom. The molecule has 3 nitrogen and oxygen atoms in total. The molecule has 1 rings (SSSR count). The van der Waals surface area contributed by atoms with Crippen molar-refractivity contribution in [1.29, 1.82) is 0 Å². The van der Waals surface area contributed by atoms with Crippen molar-refractivity contribution in [2.75, 3.05) is 32.7 Å². The molecule has 2 atom stereocenters. The van der Waals surface area contributed by atoms with Crippen LogP contribution in [0.2, 0.25) is 0 Å². The highest BCUT2D eigenvalue weighted by Crippen LogP contribution is 2.18. The zero-order valence-electron chi connectivity index (χ0n) is 9.56. The van der Waals surface area contributed by atoms with E-state index in [9.17, 15) is 13.2 Å². The van der Waals surface area contributed by atoms with Crippen LogP contribution in [0.15, 0.2) is 0 Å². The fourth-order valence-corrected chi connectivity index (χ4v) is 2.23. The lowest BCUT2D eigenvalue weighted by Gasteiger charge is -2.36. The Morgan fingerprint density at radius 1 is 1.38 bits per heavy atom. The fourth-order valence-electron chi connectivity index (χ4n) is 2.23. The van der Waals surface area contributed by atoms with Gasteiger partial charge in [-0.15, -0.1) is 0 Å². The number of nitrogens with two attached hydrogens (primary N) is 1. The lowest BCUT2D eigenvalue weighted by atomic mass is 9.96. The van der Waals surface area contributed by atoms with Crippen molar-refractivity contribution < 1.29 is 13.2 Å². The number of nitrogens with one attached hydrogen (secondary N) is 1. The van der Waals surface area contributed by atoms with Gasteiger partial charge in [0.2, 0.25) is 0 Å². The Balaban J connectivity index is 2.35. The van der Waals surface area contributed by atoms with Crippen LogP contribution in [-0.2, 0) is 0 Å². The average Bonchev–Trinajstić information content (AvgIpc) is 2.13. The van der Waals surface area contributed by atoms with Gasteiger partial charge in [-0.3, -0.25) is 0 Å². The zero-order valence-corrected chi connectivity index (χ0v) is 9.56. The molecule has 0 amide bonds. The monoisotopic (exact) mass is 239 g/mol. The molecule has 0 aliphatic carbocycles. The van der Waals surface area contributed by atoms with Crippen LogP contribution in [0.4, 0.5) is 13.2 Å². The third kappa shape index (κ3) is 5.14. The summed E-state index contributed by atoms with van der Waals surface area (Å²) < 4.78 is 36.2. The van der Waals surface area contributed by atoms with Gasteiger partial charge in [-0.05, 0) is 12.3 Å². The molecule has 1 heterocycles. The second-order valence-corrected chi connectivity index (χ2v) is 4.58. The van der Waals surface area contributed by atoms with E-state index in [0.717, 1.165) is 19.5 Å². The predicted octanol–water partition coefficient (Wildman–Crippen LogP) is 0.807. The van der Waals surface area contributed by atoms with E-state index < -0.39 is 12.7 Å². The van der Waals surface area contributed by atoms with E-state index in [0.29, 0.717) is 19.0 Å². The summed E-state index contributed by atoms with van der Waals surface area (Å²) in [4.78, 5) is 2.13. The third-order valence-electron chi connectivity index (χ3n) is 2.77. The van der Waals surface area contributed by atoms with E-state index >= 15 is 0 Å². The summed E-state index contributed by atoms with van der Waals surface area (Å²) in [6.07, 6.45) is -3.32. The van der Waals surface area contributed by atoms with Gasteiger partial charge < -0.3 is 16.0 Å². The Kier molecular flexibility index (Phi) is 5.01. The van der Waals surface area contributed by atoms with Gasteiger partial charge in [0, 0.05) is 32.2 Å². The maximum absolute atomic E-state index is 12.1. The van der Waals surface area contributed by atoms with Gasteiger partial charge in [-0.1, -0.05) is 6.92 Å². The van der Waals surface area contributed by atoms with E-state index in [1.165, 1.54) is 0 Å². The number of nitrogens with zero attached hydrogens (tertiary/aromatic N) is 1. The molecule has 3 N–H and O–H groups in total. The Morgan fingerprint density at radius 2 is 2.06 bits per heavy atom. The molecule has 1 aliphatic rings. The largest absolute Gasteiger partial charge is 0.401 e. The van der Waals surface area contributed by atoms with Crippen LogP contribution < -0.4 is 11.1 Å². The number of halogens is 3. The summed E-state index contributed by atoms with van der Waals surface area (Å²) in [7, 11) is 0. The first-order valence-corrected chi connectivity index (χ1v) is 5.63. The SMILES string of the molecule is CC1CC(NCC(F)(F)F)CN(CCN)C1. The molecule has 0 aromatic heterocycles. The van der Waals surface area contributed by atoms with Crippen molar-refractivity contribution in [3.8, 4) is 0 Å². The maximum atomic E-state index is 12.1. The standard InChI is InChI=1S/C10H20F3N3/c1-8-4-9(15-7-10(11,12)13)6-16(5-8)3-2-14/h8-9,15H,2-7,14H2,1H3. The van der Waals surface area contributed by atoms with Crippen LogP contribution in [0.3, 0.4) is 0 Å². The molecule has 0 spiro atoms. The van der Waals surface area contributed by atoms with E-state index in [1.54, 1.807) is 0 Å². The van der Waals surface area contributed by atoms with Crippen LogP contribution in [0.5, 0.6) is 0 Å². The molecular weight excluding hydrogens is 219 g/mol. The minimum Gasteiger partial charge on any atom is -0.329 e. The second kappa shape index (κ2) is 5.84. The Bertz CT molecular complexity index is 208. The smallest absolute Gasteiger partial charge is 0.329 e. The first-order chi connectivity index (χ1) is 7.40. The van der Waals surface area contributed by atoms with Crippen molar-refractivity contribution in [2.45, 2.75) is 25.6 Å². The summed E-state index contributed by atoms with van der Waals surface area (Å²) in [5.74, 6) is 0.422. The normalized spacial score (nSPS) is 28.3. The lowest BCUT2D eigenvalue weighted by molar-refractivity contribution is -0.127. The summed E-state index contributed by atoms with van der Waals surface area (Å²) in [6, 6.07) is -0.0723.